The van der Waals surface area contributed by atoms with Gasteiger partial charge in [0.2, 0.25) is 5.91 Å². The van der Waals surface area contributed by atoms with Crippen molar-refractivity contribution in [3.8, 4) is 33.9 Å². The number of aromatic nitrogens is 9. The topological polar surface area (TPSA) is 138 Å². The molecule has 46 heavy (non-hydrogen) atoms. The van der Waals surface area contributed by atoms with Gasteiger partial charge >= 0.3 is 0 Å². The molecule has 2 atom stereocenters. The summed E-state index contributed by atoms with van der Waals surface area (Å²) in [4.78, 5) is 40.6. The molecule has 5 aromatic heterocycles. The molecule has 1 amide bonds. The van der Waals surface area contributed by atoms with Crippen LogP contribution in [0.4, 0.5) is 5.69 Å². The van der Waals surface area contributed by atoms with E-state index in [-0.39, 0.29) is 22.5 Å². The zero-order valence-electron chi connectivity index (χ0n) is 24.5. The van der Waals surface area contributed by atoms with E-state index in [1.54, 1.807) is 58.4 Å². The van der Waals surface area contributed by atoms with Gasteiger partial charge in [-0.25, -0.2) is 14.3 Å². The standard InChI is InChI=1S/C32H26Cl2N10O2/c1-19-4-2-6-28(42-18-37-24(14-30(42)45)23-13-21(33)7-8-27(23)44-17-29(34)39-41-44)25-12-20(9-11-36-25)31-26(38-32(19)46)16-43(40-31)22-5-3-10-35-15-22/h3,5,7-19,28H,2,4,6H2,1H3,(H,38,46). The van der Waals surface area contributed by atoms with Gasteiger partial charge in [0.15, 0.2) is 5.15 Å². The average molecular weight is 654 g/mol. The highest BCUT2D eigenvalue weighted by atomic mass is 35.5. The molecule has 14 heteroatoms. The Bertz CT molecular complexity index is 2130. The molecule has 2 unspecified atom stereocenters. The first-order valence-electron chi connectivity index (χ1n) is 14.6. The molecule has 0 fully saturated rings. The second kappa shape index (κ2) is 12.3. The summed E-state index contributed by atoms with van der Waals surface area (Å²) in [7, 11) is 0. The first kappa shape index (κ1) is 29.5. The van der Waals surface area contributed by atoms with Crippen LogP contribution in [-0.4, -0.2) is 50.2 Å². The normalized spacial score (nSPS) is 16.6. The summed E-state index contributed by atoms with van der Waals surface area (Å²) < 4.78 is 4.77. The van der Waals surface area contributed by atoms with Crippen molar-refractivity contribution < 1.29 is 4.79 Å². The number of anilines is 1. The Morgan fingerprint density at radius 1 is 0.957 bits per heavy atom. The van der Waals surface area contributed by atoms with Crippen LogP contribution in [0.2, 0.25) is 10.2 Å². The van der Waals surface area contributed by atoms with Gasteiger partial charge in [0.1, 0.15) is 5.69 Å². The van der Waals surface area contributed by atoms with Gasteiger partial charge < -0.3 is 5.32 Å². The van der Waals surface area contributed by atoms with Crippen molar-refractivity contribution in [3.63, 3.8) is 0 Å². The minimum absolute atomic E-state index is 0.104. The Hall–Kier alpha value is -5.20. The van der Waals surface area contributed by atoms with Gasteiger partial charge in [-0.1, -0.05) is 41.8 Å². The minimum atomic E-state index is -0.444. The number of hydrogen-bond acceptors (Lipinski definition) is 8. The maximum Gasteiger partial charge on any atom is 0.254 e. The maximum atomic E-state index is 13.8. The first-order chi connectivity index (χ1) is 22.3. The zero-order chi connectivity index (χ0) is 31.8. The van der Waals surface area contributed by atoms with Crippen molar-refractivity contribution in [2.75, 3.05) is 5.32 Å². The molecule has 230 valence electrons. The molecule has 1 aromatic carbocycles. The molecule has 0 spiro atoms. The summed E-state index contributed by atoms with van der Waals surface area (Å²) >= 11 is 12.4. The van der Waals surface area contributed by atoms with Crippen LogP contribution in [0.1, 0.15) is 37.9 Å². The molecule has 6 aromatic rings. The van der Waals surface area contributed by atoms with Gasteiger partial charge in [-0.2, -0.15) is 5.10 Å². The van der Waals surface area contributed by atoms with Crippen molar-refractivity contribution in [2.24, 2.45) is 5.92 Å². The highest BCUT2D eigenvalue weighted by Crippen LogP contribution is 2.33. The van der Waals surface area contributed by atoms with Crippen molar-refractivity contribution in [1.29, 1.82) is 0 Å². The molecule has 0 saturated carbocycles. The lowest BCUT2D eigenvalue weighted by atomic mass is 9.97. The number of benzene rings is 1. The lowest BCUT2D eigenvalue weighted by Crippen LogP contribution is -2.27. The van der Waals surface area contributed by atoms with Gasteiger partial charge in [0.25, 0.3) is 5.56 Å². The number of carbonyl (C=O) groups excluding carboxylic acids is 1. The fourth-order valence-electron chi connectivity index (χ4n) is 5.58. The molecule has 0 saturated heterocycles. The molecule has 6 heterocycles. The SMILES string of the molecule is CC1CCCC(n2cnc(-c3cc(Cl)ccc3-n3cc(Cl)nn3)cc2=O)c2cc(ccn2)-c2nn(-c3cccnc3)cc2NC1=O. The zero-order valence-corrected chi connectivity index (χ0v) is 26.0. The van der Waals surface area contributed by atoms with E-state index in [0.29, 0.717) is 58.3 Å². The number of pyridine rings is 2. The molecule has 1 aliphatic rings. The Balaban J connectivity index is 1.31. The molecule has 2 bridgehead atoms. The molecular weight excluding hydrogens is 627 g/mol. The Morgan fingerprint density at radius 3 is 2.63 bits per heavy atom. The third-order valence-corrected chi connectivity index (χ3v) is 8.37. The Morgan fingerprint density at radius 2 is 1.85 bits per heavy atom. The highest BCUT2D eigenvalue weighted by Gasteiger charge is 2.24. The number of rotatable bonds is 4. The van der Waals surface area contributed by atoms with Gasteiger partial charge in [-0.3, -0.25) is 24.1 Å². The highest BCUT2D eigenvalue weighted by molar-refractivity contribution is 6.31. The van der Waals surface area contributed by atoms with Crippen LogP contribution in [0, 0.1) is 5.92 Å². The molecule has 1 N–H and O–H groups in total. The Labute approximate surface area is 272 Å². The number of fused-ring (bicyclic) bond motifs is 4. The van der Waals surface area contributed by atoms with E-state index in [0.717, 1.165) is 11.3 Å². The van der Waals surface area contributed by atoms with Crippen molar-refractivity contribution in [3.05, 3.63) is 112 Å². The molecule has 7 rings (SSSR count). The predicted octanol–water partition coefficient (Wildman–Crippen LogP) is 5.79. The fourth-order valence-corrected chi connectivity index (χ4v) is 5.88. The van der Waals surface area contributed by atoms with E-state index >= 15 is 0 Å². The number of carbonyl (C=O) groups is 1. The largest absolute Gasteiger partial charge is 0.323 e. The number of halogens is 2. The van der Waals surface area contributed by atoms with Crippen molar-refractivity contribution in [2.45, 2.75) is 32.2 Å². The van der Waals surface area contributed by atoms with Crippen LogP contribution >= 0.6 is 23.2 Å². The fraction of sp³-hybridized carbons (Fsp3) is 0.188. The second-order valence-electron chi connectivity index (χ2n) is 11.0. The van der Waals surface area contributed by atoms with E-state index in [9.17, 15) is 9.59 Å². The van der Waals surface area contributed by atoms with Gasteiger partial charge in [-0.05, 0) is 55.3 Å². The average Bonchev–Trinajstić information content (AvgIpc) is 3.69. The molecule has 1 aliphatic heterocycles. The summed E-state index contributed by atoms with van der Waals surface area (Å²) in [6.07, 6.45) is 11.8. The molecule has 0 aliphatic carbocycles. The van der Waals surface area contributed by atoms with Gasteiger partial charge in [-0.15, -0.1) is 5.10 Å². The summed E-state index contributed by atoms with van der Waals surface area (Å²) in [5.74, 6) is -0.377. The summed E-state index contributed by atoms with van der Waals surface area (Å²) in [6, 6.07) is 13.7. The number of nitrogens with one attached hydrogen (secondary N) is 1. The number of hydrogen-bond donors (Lipinski definition) is 1. The summed E-state index contributed by atoms with van der Waals surface area (Å²) in [6.45, 7) is 1.90. The van der Waals surface area contributed by atoms with Gasteiger partial charge in [0.05, 0.1) is 59.4 Å². The summed E-state index contributed by atoms with van der Waals surface area (Å²) in [5.41, 5.74) is 4.67. The Kier molecular flexibility index (Phi) is 7.89. The van der Waals surface area contributed by atoms with Crippen molar-refractivity contribution in [1.82, 2.24) is 44.3 Å². The van der Waals surface area contributed by atoms with E-state index in [4.69, 9.17) is 28.3 Å². The predicted molar refractivity (Wildman–Crippen MR) is 173 cm³/mol. The quantitative estimate of drug-likeness (QED) is 0.253. The number of nitrogens with zero attached hydrogens (tertiary/aromatic N) is 9. The van der Waals surface area contributed by atoms with E-state index in [2.05, 4.69) is 30.6 Å². The van der Waals surface area contributed by atoms with E-state index in [1.807, 2.05) is 31.2 Å². The van der Waals surface area contributed by atoms with Crippen molar-refractivity contribution >= 4 is 34.8 Å². The maximum absolute atomic E-state index is 13.8. The van der Waals surface area contributed by atoms with Crippen LogP contribution < -0.4 is 10.9 Å². The van der Waals surface area contributed by atoms with E-state index < -0.39 is 6.04 Å². The van der Waals surface area contributed by atoms with E-state index in [1.165, 1.54) is 17.1 Å². The first-order valence-corrected chi connectivity index (χ1v) is 15.3. The third kappa shape index (κ3) is 5.80. The molecule has 0 radical (unpaired) electrons. The monoisotopic (exact) mass is 652 g/mol. The molecule has 12 nitrogen and oxygen atoms in total. The lowest BCUT2D eigenvalue weighted by molar-refractivity contribution is -0.119. The molecular formula is C32H26Cl2N10O2. The number of amides is 1. The van der Waals surface area contributed by atoms with Crippen LogP contribution in [0.15, 0.2) is 90.6 Å². The minimum Gasteiger partial charge on any atom is -0.323 e. The van der Waals surface area contributed by atoms with Crippen LogP contribution in [-0.2, 0) is 4.79 Å². The smallest absolute Gasteiger partial charge is 0.254 e. The lowest BCUT2D eigenvalue weighted by Gasteiger charge is -2.22. The second-order valence-corrected chi connectivity index (χ2v) is 11.8. The van der Waals surface area contributed by atoms with Crippen LogP contribution in [0.25, 0.3) is 33.9 Å². The third-order valence-electron chi connectivity index (χ3n) is 7.96. The van der Waals surface area contributed by atoms with Crippen LogP contribution in [0.3, 0.4) is 0 Å². The van der Waals surface area contributed by atoms with Gasteiger partial charge in [0, 0.05) is 40.5 Å². The summed E-state index contributed by atoms with van der Waals surface area (Å²) in [5, 5.41) is 16.5. The van der Waals surface area contributed by atoms with Crippen LogP contribution in [0.5, 0.6) is 0 Å².